The zero-order valence-electron chi connectivity index (χ0n) is 13.5. The molecule has 3 N–H and O–H groups in total. The van der Waals surface area contributed by atoms with Gasteiger partial charge in [-0.25, -0.2) is 0 Å². The summed E-state index contributed by atoms with van der Waals surface area (Å²) in [6, 6.07) is -0.327. The zero-order valence-corrected chi connectivity index (χ0v) is 13.5. The molecular formula is C15H29N3O2. The van der Waals surface area contributed by atoms with Gasteiger partial charge in [-0.3, -0.25) is 9.59 Å². The third-order valence-corrected chi connectivity index (χ3v) is 3.28. The number of carbonyl (C=O) groups is 2. The molecule has 2 amide bonds. The fraction of sp³-hybridized carbons (Fsp3) is 0.867. The molecule has 116 valence electrons. The highest BCUT2D eigenvalue weighted by Crippen LogP contribution is 2.24. The van der Waals surface area contributed by atoms with E-state index in [4.69, 9.17) is 5.73 Å². The summed E-state index contributed by atoms with van der Waals surface area (Å²) < 4.78 is 0. The minimum absolute atomic E-state index is 0.0556. The average molecular weight is 283 g/mol. The molecule has 5 heteroatoms. The number of nitrogens with two attached hydrogens (primary N) is 1. The Labute approximate surface area is 122 Å². The van der Waals surface area contributed by atoms with Crippen LogP contribution in [0.15, 0.2) is 0 Å². The van der Waals surface area contributed by atoms with Gasteiger partial charge in [-0.2, -0.15) is 0 Å². The van der Waals surface area contributed by atoms with Gasteiger partial charge in [0.15, 0.2) is 0 Å². The molecule has 20 heavy (non-hydrogen) atoms. The van der Waals surface area contributed by atoms with Crippen LogP contribution < -0.4 is 11.1 Å². The highest BCUT2D eigenvalue weighted by Gasteiger charge is 2.35. The predicted octanol–water partition coefficient (Wildman–Crippen LogP) is 1.27. The Balaban J connectivity index is 2.60. The first-order chi connectivity index (χ1) is 8.99. The molecule has 1 rings (SSSR count). The van der Waals surface area contributed by atoms with Gasteiger partial charge in [0, 0.05) is 25.0 Å². The van der Waals surface area contributed by atoms with Gasteiger partial charge in [-0.05, 0) is 32.1 Å². The predicted molar refractivity (Wildman–Crippen MR) is 80.1 cm³/mol. The van der Waals surface area contributed by atoms with Crippen LogP contribution in [0, 0.1) is 5.41 Å². The van der Waals surface area contributed by atoms with Crippen LogP contribution in [0.3, 0.4) is 0 Å². The van der Waals surface area contributed by atoms with Gasteiger partial charge in [0.2, 0.25) is 11.8 Å². The second-order valence-electron chi connectivity index (χ2n) is 7.69. The van der Waals surface area contributed by atoms with Gasteiger partial charge >= 0.3 is 0 Å². The quantitative estimate of drug-likeness (QED) is 0.816. The van der Waals surface area contributed by atoms with Crippen LogP contribution >= 0.6 is 0 Å². The van der Waals surface area contributed by atoms with E-state index in [9.17, 15) is 9.59 Å². The van der Waals surface area contributed by atoms with Crippen LogP contribution in [-0.2, 0) is 9.59 Å². The number of amides is 2. The second kappa shape index (κ2) is 6.12. The van der Waals surface area contributed by atoms with Crippen molar-refractivity contribution in [2.24, 2.45) is 11.1 Å². The van der Waals surface area contributed by atoms with E-state index in [2.05, 4.69) is 5.32 Å². The van der Waals surface area contributed by atoms with Crippen LogP contribution in [0.1, 0.15) is 53.9 Å². The summed E-state index contributed by atoms with van der Waals surface area (Å²) in [5, 5.41) is 2.85. The van der Waals surface area contributed by atoms with Crippen molar-refractivity contribution in [1.82, 2.24) is 10.2 Å². The molecule has 0 bridgehead atoms. The topological polar surface area (TPSA) is 75.4 Å². The van der Waals surface area contributed by atoms with Gasteiger partial charge < -0.3 is 16.0 Å². The smallest absolute Gasteiger partial charge is 0.242 e. The lowest BCUT2D eigenvalue weighted by Crippen LogP contribution is -2.51. The number of carbonyl (C=O) groups excluding carboxylic acids is 2. The standard InChI is InChI=1S/C15H29N3O2/c1-14(2,3)9-12(19)18-8-6-7-11(18)13(20)17-10-15(4,5)16/h11H,6-10,16H2,1-5H3,(H,17,20). The van der Waals surface area contributed by atoms with E-state index in [1.165, 1.54) is 0 Å². The van der Waals surface area contributed by atoms with Gasteiger partial charge in [0.1, 0.15) is 6.04 Å². The molecule has 1 aliphatic heterocycles. The number of hydrogen-bond acceptors (Lipinski definition) is 3. The van der Waals surface area contributed by atoms with Crippen molar-refractivity contribution in [2.75, 3.05) is 13.1 Å². The van der Waals surface area contributed by atoms with E-state index < -0.39 is 5.54 Å². The Bertz CT molecular complexity index is 366. The summed E-state index contributed by atoms with van der Waals surface area (Å²) in [6.07, 6.45) is 2.10. The molecule has 0 aromatic heterocycles. The Morgan fingerprint density at radius 3 is 2.35 bits per heavy atom. The normalized spacial score (nSPS) is 20.1. The Morgan fingerprint density at radius 2 is 1.85 bits per heavy atom. The summed E-state index contributed by atoms with van der Waals surface area (Å²) in [7, 11) is 0. The third-order valence-electron chi connectivity index (χ3n) is 3.28. The van der Waals surface area contributed by atoms with Crippen LogP contribution in [0.2, 0.25) is 0 Å². The zero-order chi connectivity index (χ0) is 15.6. The molecule has 0 saturated carbocycles. The maximum Gasteiger partial charge on any atom is 0.242 e. The molecular weight excluding hydrogens is 254 g/mol. The Kier molecular flexibility index (Phi) is 5.19. The molecule has 1 unspecified atom stereocenters. The molecule has 1 heterocycles. The van der Waals surface area contributed by atoms with Crippen LogP contribution in [0.5, 0.6) is 0 Å². The van der Waals surface area contributed by atoms with E-state index in [1.807, 2.05) is 34.6 Å². The van der Waals surface area contributed by atoms with Crippen molar-refractivity contribution in [3.05, 3.63) is 0 Å². The molecule has 1 atom stereocenters. The lowest BCUT2D eigenvalue weighted by Gasteiger charge is -2.28. The fourth-order valence-electron chi connectivity index (χ4n) is 2.33. The first-order valence-corrected chi connectivity index (χ1v) is 7.36. The van der Waals surface area contributed by atoms with E-state index >= 15 is 0 Å². The van der Waals surface area contributed by atoms with Gasteiger partial charge in [-0.1, -0.05) is 20.8 Å². The van der Waals surface area contributed by atoms with Gasteiger partial charge in [0.25, 0.3) is 0 Å². The van der Waals surface area contributed by atoms with Crippen LogP contribution in [0.4, 0.5) is 0 Å². The minimum Gasteiger partial charge on any atom is -0.352 e. The monoisotopic (exact) mass is 283 g/mol. The Hall–Kier alpha value is -1.10. The van der Waals surface area contributed by atoms with Crippen molar-refractivity contribution in [2.45, 2.75) is 65.5 Å². The number of rotatable bonds is 4. The Morgan fingerprint density at radius 1 is 1.25 bits per heavy atom. The number of nitrogens with one attached hydrogen (secondary N) is 1. The molecule has 5 nitrogen and oxygen atoms in total. The maximum atomic E-state index is 12.3. The maximum absolute atomic E-state index is 12.3. The summed E-state index contributed by atoms with van der Waals surface area (Å²) in [5.41, 5.74) is 5.37. The largest absolute Gasteiger partial charge is 0.352 e. The van der Waals surface area contributed by atoms with Crippen molar-refractivity contribution < 1.29 is 9.59 Å². The highest BCUT2D eigenvalue weighted by atomic mass is 16.2. The van der Waals surface area contributed by atoms with Gasteiger partial charge in [0.05, 0.1) is 0 Å². The second-order valence-corrected chi connectivity index (χ2v) is 7.69. The van der Waals surface area contributed by atoms with E-state index in [1.54, 1.807) is 4.90 Å². The summed E-state index contributed by atoms with van der Waals surface area (Å²) in [6.45, 7) is 10.9. The summed E-state index contributed by atoms with van der Waals surface area (Å²) in [4.78, 5) is 26.2. The number of likely N-dealkylation sites (tertiary alicyclic amines) is 1. The molecule has 1 saturated heterocycles. The van der Waals surface area contributed by atoms with E-state index in [-0.39, 0.29) is 23.3 Å². The van der Waals surface area contributed by atoms with Gasteiger partial charge in [-0.15, -0.1) is 0 Å². The molecule has 1 fully saturated rings. The average Bonchev–Trinajstić information content (AvgIpc) is 2.71. The van der Waals surface area contributed by atoms with Crippen molar-refractivity contribution in [3.8, 4) is 0 Å². The third kappa shape index (κ3) is 5.49. The summed E-state index contributed by atoms with van der Waals surface area (Å²) >= 11 is 0. The first kappa shape index (κ1) is 17.0. The fourth-order valence-corrected chi connectivity index (χ4v) is 2.33. The summed E-state index contributed by atoms with van der Waals surface area (Å²) in [5.74, 6) is -0.00885. The number of nitrogens with zero attached hydrogens (tertiary/aromatic N) is 1. The van der Waals surface area contributed by atoms with Crippen molar-refractivity contribution >= 4 is 11.8 Å². The number of hydrogen-bond donors (Lipinski definition) is 2. The molecule has 0 aromatic rings. The lowest BCUT2D eigenvalue weighted by molar-refractivity contribution is -0.139. The molecule has 0 spiro atoms. The SMILES string of the molecule is CC(C)(C)CC(=O)N1CCCC1C(=O)NCC(C)(C)N. The van der Waals surface area contributed by atoms with Crippen LogP contribution in [0.25, 0.3) is 0 Å². The van der Waals surface area contributed by atoms with Crippen LogP contribution in [-0.4, -0.2) is 41.4 Å². The minimum atomic E-state index is -0.436. The highest BCUT2D eigenvalue weighted by molar-refractivity contribution is 5.88. The van der Waals surface area contributed by atoms with Crippen molar-refractivity contribution in [3.63, 3.8) is 0 Å². The molecule has 0 radical (unpaired) electrons. The van der Waals surface area contributed by atoms with E-state index in [0.29, 0.717) is 19.5 Å². The first-order valence-electron chi connectivity index (χ1n) is 7.36. The lowest BCUT2D eigenvalue weighted by atomic mass is 9.91. The van der Waals surface area contributed by atoms with E-state index in [0.717, 1.165) is 12.8 Å². The molecule has 1 aliphatic rings. The molecule has 0 aromatic carbocycles. The molecule has 0 aliphatic carbocycles. The van der Waals surface area contributed by atoms with Crippen molar-refractivity contribution in [1.29, 1.82) is 0 Å².